The molecule has 4 nitrogen and oxygen atoms in total. The van der Waals surface area contributed by atoms with E-state index in [2.05, 4.69) is 44.3 Å². The highest BCUT2D eigenvalue weighted by molar-refractivity contribution is 5.81. The van der Waals surface area contributed by atoms with Gasteiger partial charge in [-0.1, -0.05) is 42.8 Å². The lowest BCUT2D eigenvalue weighted by Gasteiger charge is -2.23. The first-order valence-corrected chi connectivity index (χ1v) is 8.63. The summed E-state index contributed by atoms with van der Waals surface area (Å²) in [6.45, 7) is 7.96. The largest absolute Gasteiger partial charge is 0.493 e. The fourth-order valence-corrected chi connectivity index (χ4v) is 2.87. The molecule has 0 aliphatic carbocycles. The normalized spacial score (nSPS) is 13.0. The third kappa shape index (κ3) is 4.75. The summed E-state index contributed by atoms with van der Waals surface area (Å²) in [5, 5.41) is 3.10. The van der Waals surface area contributed by atoms with E-state index >= 15 is 0 Å². The number of para-hydroxylation sites is 2. The Morgan fingerprint density at radius 2 is 1.80 bits per heavy atom. The van der Waals surface area contributed by atoms with E-state index in [4.69, 9.17) is 9.47 Å². The molecule has 0 spiro atoms. The molecular weight excluding hydrogens is 314 g/mol. The van der Waals surface area contributed by atoms with E-state index in [0.29, 0.717) is 11.5 Å². The summed E-state index contributed by atoms with van der Waals surface area (Å²) in [6, 6.07) is 13.6. The van der Waals surface area contributed by atoms with E-state index < -0.39 is 6.10 Å². The lowest BCUT2D eigenvalue weighted by molar-refractivity contribution is -0.128. The molecule has 2 aromatic rings. The minimum absolute atomic E-state index is 0.0307. The molecule has 0 aliphatic rings. The topological polar surface area (TPSA) is 47.6 Å². The Kier molecular flexibility index (Phi) is 6.45. The fraction of sp³-hybridized carbons (Fsp3) is 0.381. The molecular formula is C21H27NO3. The second-order valence-electron chi connectivity index (χ2n) is 6.24. The second kappa shape index (κ2) is 8.56. The highest BCUT2D eigenvalue weighted by atomic mass is 16.5. The molecule has 0 unspecified atom stereocenters. The number of aryl methyl sites for hydroxylation is 2. The molecule has 0 saturated heterocycles. The number of benzene rings is 2. The van der Waals surface area contributed by atoms with Crippen LogP contribution in [0.3, 0.4) is 0 Å². The van der Waals surface area contributed by atoms with E-state index in [1.807, 2.05) is 18.2 Å². The molecule has 4 heteroatoms. The van der Waals surface area contributed by atoms with Gasteiger partial charge in [0.2, 0.25) is 0 Å². The Morgan fingerprint density at radius 3 is 2.40 bits per heavy atom. The lowest BCUT2D eigenvalue weighted by atomic mass is 9.97. The van der Waals surface area contributed by atoms with Gasteiger partial charge in [0.1, 0.15) is 0 Å². The monoisotopic (exact) mass is 341 g/mol. The molecule has 0 fully saturated rings. The van der Waals surface area contributed by atoms with E-state index in [1.54, 1.807) is 20.1 Å². The first-order chi connectivity index (χ1) is 12.0. The van der Waals surface area contributed by atoms with Crippen molar-refractivity contribution in [3.63, 3.8) is 0 Å². The number of hydrogen-bond donors (Lipinski definition) is 1. The molecule has 0 aliphatic heterocycles. The van der Waals surface area contributed by atoms with Crippen molar-refractivity contribution in [3.8, 4) is 11.5 Å². The summed E-state index contributed by atoms with van der Waals surface area (Å²) < 4.78 is 11.1. The number of amides is 1. The Balaban J connectivity index is 2.08. The van der Waals surface area contributed by atoms with Crippen molar-refractivity contribution in [2.45, 2.75) is 46.3 Å². The van der Waals surface area contributed by atoms with Gasteiger partial charge >= 0.3 is 0 Å². The molecule has 1 N–H and O–H groups in total. The molecule has 1 amide bonds. The third-order valence-electron chi connectivity index (χ3n) is 4.27. The zero-order valence-electron chi connectivity index (χ0n) is 15.6. The SMILES string of the molecule is CC[C@@H](NC(=O)[C@H](C)Oc1ccccc1OC)c1ccc(C)cc1C. The maximum absolute atomic E-state index is 12.6. The van der Waals surface area contributed by atoms with Crippen LogP contribution in [0.15, 0.2) is 42.5 Å². The predicted octanol–water partition coefficient (Wildman–Crippen LogP) is 4.35. The fourth-order valence-electron chi connectivity index (χ4n) is 2.87. The van der Waals surface area contributed by atoms with Gasteiger partial charge in [-0.3, -0.25) is 4.79 Å². The van der Waals surface area contributed by atoms with Gasteiger partial charge in [0.25, 0.3) is 5.91 Å². The quantitative estimate of drug-likeness (QED) is 0.814. The zero-order chi connectivity index (χ0) is 18.4. The van der Waals surface area contributed by atoms with Crippen LogP contribution in [-0.4, -0.2) is 19.1 Å². The van der Waals surface area contributed by atoms with Crippen molar-refractivity contribution >= 4 is 5.91 Å². The van der Waals surface area contributed by atoms with Crippen LogP contribution in [0.2, 0.25) is 0 Å². The number of ether oxygens (including phenoxy) is 2. The van der Waals surface area contributed by atoms with Gasteiger partial charge in [0.05, 0.1) is 13.2 Å². The van der Waals surface area contributed by atoms with Crippen LogP contribution in [0.5, 0.6) is 11.5 Å². The van der Waals surface area contributed by atoms with Gasteiger partial charge < -0.3 is 14.8 Å². The number of carbonyl (C=O) groups is 1. The molecule has 2 rings (SSSR count). The van der Waals surface area contributed by atoms with Crippen molar-refractivity contribution < 1.29 is 14.3 Å². The Hall–Kier alpha value is -2.49. The number of nitrogens with one attached hydrogen (secondary N) is 1. The van der Waals surface area contributed by atoms with Crippen LogP contribution in [-0.2, 0) is 4.79 Å². The predicted molar refractivity (Wildman–Crippen MR) is 100 cm³/mol. The lowest BCUT2D eigenvalue weighted by Crippen LogP contribution is -2.38. The molecule has 2 aromatic carbocycles. The summed E-state index contributed by atoms with van der Waals surface area (Å²) in [5.41, 5.74) is 3.55. The van der Waals surface area contributed by atoms with Gasteiger partial charge in [0, 0.05) is 0 Å². The van der Waals surface area contributed by atoms with Crippen LogP contribution in [0.4, 0.5) is 0 Å². The Bertz CT molecular complexity index is 727. The minimum atomic E-state index is -0.615. The van der Waals surface area contributed by atoms with Gasteiger partial charge in [0.15, 0.2) is 17.6 Å². The van der Waals surface area contributed by atoms with Crippen molar-refractivity contribution in [2.24, 2.45) is 0 Å². The summed E-state index contributed by atoms with van der Waals surface area (Å²) in [7, 11) is 1.58. The highest BCUT2D eigenvalue weighted by Crippen LogP contribution is 2.27. The zero-order valence-corrected chi connectivity index (χ0v) is 15.6. The standard InChI is InChI=1S/C21H27NO3/c1-6-18(17-12-11-14(2)13-15(17)3)22-21(23)16(4)25-20-10-8-7-9-19(20)24-5/h7-13,16,18H,6H2,1-5H3,(H,22,23)/t16-,18+/m0/s1. The van der Waals surface area contributed by atoms with Crippen molar-refractivity contribution in [3.05, 3.63) is 59.2 Å². The van der Waals surface area contributed by atoms with E-state index in [1.165, 1.54) is 11.1 Å². The van der Waals surface area contributed by atoms with Crippen LogP contribution >= 0.6 is 0 Å². The smallest absolute Gasteiger partial charge is 0.261 e. The second-order valence-corrected chi connectivity index (χ2v) is 6.24. The van der Waals surface area contributed by atoms with E-state index in [9.17, 15) is 4.79 Å². The molecule has 0 heterocycles. The number of carbonyl (C=O) groups excluding carboxylic acids is 1. The van der Waals surface area contributed by atoms with Gasteiger partial charge in [-0.05, 0) is 50.5 Å². The average Bonchev–Trinajstić information content (AvgIpc) is 2.60. The first kappa shape index (κ1) is 18.8. The third-order valence-corrected chi connectivity index (χ3v) is 4.27. The van der Waals surface area contributed by atoms with E-state index in [-0.39, 0.29) is 11.9 Å². The van der Waals surface area contributed by atoms with Crippen molar-refractivity contribution in [2.75, 3.05) is 7.11 Å². The minimum Gasteiger partial charge on any atom is -0.493 e. The summed E-state index contributed by atoms with van der Waals surface area (Å²) in [5.74, 6) is 1.04. The van der Waals surface area contributed by atoms with Crippen molar-refractivity contribution in [1.29, 1.82) is 0 Å². The van der Waals surface area contributed by atoms with Crippen LogP contribution in [0, 0.1) is 13.8 Å². The number of hydrogen-bond acceptors (Lipinski definition) is 3. The van der Waals surface area contributed by atoms with Gasteiger partial charge in [-0.15, -0.1) is 0 Å². The highest BCUT2D eigenvalue weighted by Gasteiger charge is 2.21. The van der Waals surface area contributed by atoms with Gasteiger partial charge in [-0.25, -0.2) is 0 Å². The van der Waals surface area contributed by atoms with Crippen LogP contribution in [0.25, 0.3) is 0 Å². The first-order valence-electron chi connectivity index (χ1n) is 8.63. The Morgan fingerprint density at radius 1 is 1.12 bits per heavy atom. The molecule has 0 saturated carbocycles. The summed E-state index contributed by atoms with van der Waals surface area (Å²) in [4.78, 5) is 12.6. The van der Waals surface area contributed by atoms with Crippen LogP contribution in [0.1, 0.15) is 43.0 Å². The van der Waals surface area contributed by atoms with Crippen LogP contribution < -0.4 is 14.8 Å². The molecule has 25 heavy (non-hydrogen) atoms. The average molecular weight is 341 g/mol. The molecule has 0 aromatic heterocycles. The molecule has 2 atom stereocenters. The maximum atomic E-state index is 12.6. The number of rotatable bonds is 7. The summed E-state index contributed by atoms with van der Waals surface area (Å²) in [6.07, 6.45) is 0.202. The summed E-state index contributed by atoms with van der Waals surface area (Å²) >= 11 is 0. The molecule has 0 radical (unpaired) electrons. The molecule has 134 valence electrons. The maximum Gasteiger partial charge on any atom is 0.261 e. The van der Waals surface area contributed by atoms with Gasteiger partial charge in [-0.2, -0.15) is 0 Å². The Labute approximate surface area is 150 Å². The van der Waals surface area contributed by atoms with Crippen molar-refractivity contribution in [1.82, 2.24) is 5.32 Å². The molecule has 0 bridgehead atoms. The number of methoxy groups -OCH3 is 1. The van der Waals surface area contributed by atoms with E-state index in [0.717, 1.165) is 12.0 Å².